The third-order valence-corrected chi connectivity index (χ3v) is 4.97. The Balaban J connectivity index is 1.85. The van der Waals surface area contributed by atoms with Crippen molar-refractivity contribution in [1.29, 1.82) is 0 Å². The summed E-state index contributed by atoms with van der Waals surface area (Å²) < 4.78 is 41.5. The van der Waals surface area contributed by atoms with Gasteiger partial charge in [-0.2, -0.15) is 9.49 Å². The Labute approximate surface area is 157 Å². The summed E-state index contributed by atoms with van der Waals surface area (Å²) in [6.45, 7) is 4.56. The van der Waals surface area contributed by atoms with Crippen molar-refractivity contribution in [3.05, 3.63) is 52.6 Å². The molecule has 1 aromatic heterocycles. The number of amides is 1. The van der Waals surface area contributed by atoms with Crippen molar-refractivity contribution in [2.75, 3.05) is 6.54 Å². The van der Waals surface area contributed by atoms with Gasteiger partial charge in [0.05, 0.1) is 0 Å². The Bertz CT molecular complexity index is 828. The molecule has 1 fully saturated rings. The Hall–Kier alpha value is -2.31. The molecule has 146 valence electrons. The average Bonchev–Trinajstić information content (AvgIpc) is 3.41. The van der Waals surface area contributed by atoms with Crippen LogP contribution in [0.25, 0.3) is 0 Å². The average molecular weight is 379 g/mol. The number of benzene rings is 1. The van der Waals surface area contributed by atoms with Crippen LogP contribution in [0.2, 0.25) is 0 Å². The number of halogens is 3. The molecule has 1 aromatic carbocycles. The predicted molar refractivity (Wildman–Crippen MR) is 96.4 cm³/mol. The van der Waals surface area contributed by atoms with E-state index in [1.165, 1.54) is 17.5 Å². The van der Waals surface area contributed by atoms with Gasteiger partial charge in [-0.15, -0.1) is 0 Å². The summed E-state index contributed by atoms with van der Waals surface area (Å²) >= 11 is 0. The van der Waals surface area contributed by atoms with E-state index in [0.29, 0.717) is 23.6 Å². The number of nitrogens with zero attached hydrogens (tertiary/aromatic N) is 3. The summed E-state index contributed by atoms with van der Waals surface area (Å²) in [6, 6.07) is 7.97. The number of alkyl halides is 2. The van der Waals surface area contributed by atoms with Gasteiger partial charge in [0, 0.05) is 19.6 Å². The topological polar surface area (TPSA) is 38.1 Å². The Kier molecular flexibility index (Phi) is 5.58. The second-order valence-corrected chi connectivity index (χ2v) is 7.31. The number of aromatic nitrogens is 2. The van der Waals surface area contributed by atoms with Crippen LogP contribution in [-0.2, 0) is 13.5 Å². The van der Waals surface area contributed by atoms with Crippen molar-refractivity contribution in [3.63, 3.8) is 0 Å². The third kappa shape index (κ3) is 4.01. The molecule has 0 spiro atoms. The molecule has 7 heteroatoms. The molecule has 1 saturated carbocycles. The minimum Gasteiger partial charge on any atom is -0.335 e. The van der Waals surface area contributed by atoms with E-state index in [9.17, 15) is 18.0 Å². The number of hydrogen-bond acceptors (Lipinski definition) is 2. The van der Waals surface area contributed by atoms with Crippen LogP contribution < -0.4 is 0 Å². The largest absolute Gasteiger partial charge is 0.335 e. The maximum Gasteiger partial charge on any atom is 0.283 e. The molecule has 27 heavy (non-hydrogen) atoms. The van der Waals surface area contributed by atoms with Crippen LogP contribution in [0, 0.1) is 5.95 Å². The van der Waals surface area contributed by atoms with E-state index >= 15 is 0 Å². The van der Waals surface area contributed by atoms with Gasteiger partial charge in [-0.05, 0) is 36.3 Å². The molecular formula is C20H24F3N3O. The van der Waals surface area contributed by atoms with Crippen LogP contribution in [0.5, 0.6) is 0 Å². The van der Waals surface area contributed by atoms with Crippen molar-refractivity contribution in [1.82, 2.24) is 14.7 Å². The van der Waals surface area contributed by atoms with Crippen LogP contribution in [0.15, 0.2) is 24.3 Å². The van der Waals surface area contributed by atoms with Crippen molar-refractivity contribution >= 4 is 5.91 Å². The van der Waals surface area contributed by atoms with Gasteiger partial charge in [0.25, 0.3) is 12.3 Å². The van der Waals surface area contributed by atoms with Gasteiger partial charge < -0.3 is 4.90 Å². The molecule has 0 radical (unpaired) electrons. The molecule has 1 aliphatic carbocycles. The molecule has 0 bridgehead atoms. The summed E-state index contributed by atoms with van der Waals surface area (Å²) in [5, 5.41) is 3.49. The number of carbonyl (C=O) groups excluding carboxylic acids is 1. The Morgan fingerprint density at radius 3 is 2.56 bits per heavy atom. The lowest BCUT2D eigenvalue weighted by Gasteiger charge is -2.23. The van der Waals surface area contributed by atoms with Crippen molar-refractivity contribution in [3.8, 4) is 0 Å². The molecule has 0 N–H and O–H groups in total. The fourth-order valence-electron chi connectivity index (χ4n) is 3.42. The van der Waals surface area contributed by atoms with Gasteiger partial charge in [-0.25, -0.2) is 13.5 Å². The number of rotatable bonds is 7. The van der Waals surface area contributed by atoms with E-state index < -0.39 is 29.5 Å². The number of hydrogen-bond donors (Lipinski definition) is 0. The molecule has 4 nitrogen and oxygen atoms in total. The van der Waals surface area contributed by atoms with Gasteiger partial charge in [0.15, 0.2) is 0 Å². The second kappa shape index (κ2) is 7.74. The SMILES string of the molecule is CC(C)c1ccccc1CCN(C(=O)c1c(C(F)F)nn(C)c1F)C1CC1. The van der Waals surface area contributed by atoms with E-state index in [1.54, 1.807) is 0 Å². The van der Waals surface area contributed by atoms with Crippen LogP contribution >= 0.6 is 0 Å². The van der Waals surface area contributed by atoms with E-state index in [1.807, 2.05) is 18.2 Å². The smallest absolute Gasteiger partial charge is 0.283 e. The Morgan fingerprint density at radius 2 is 1.96 bits per heavy atom. The lowest BCUT2D eigenvalue weighted by Crippen LogP contribution is -2.36. The highest BCUT2D eigenvalue weighted by molar-refractivity contribution is 5.96. The highest BCUT2D eigenvalue weighted by Crippen LogP contribution is 2.32. The molecule has 1 heterocycles. The fourth-order valence-corrected chi connectivity index (χ4v) is 3.42. The molecule has 2 aromatic rings. The van der Waals surface area contributed by atoms with E-state index in [4.69, 9.17) is 0 Å². The lowest BCUT2D eigenvalue weighted by molar-refractivity contribution is 0.0727. The van der Waals surface area contributed by atoms with Crippen LogP contribution in [0.1, 0.15) is 66.2 Å². The van der Waals surface area contributed by atoms with Gasteiger partial charge in [-0.1, -0.05) is 38.1 Å². The van der Waals surface area contributed by atoms with Crippen molar-refractivity contribution in [2.24, 2.45) is 7.05 Å². The molecule has 0 unspecified atom stereocenters. The number of aryl methyl sites for hydroxylation is 1. The van der Waals surface area contributed by atoms with E-state index in [-0.39, 0.29) is 6.04 Å². The third-order valence-electron chi connectivity index (χ3n) is 4.97. The van der Waals surface area contributed by atoms with Crippen molar-refractivity contribution in [2.45, 2.75) is 51.5 Å². The van der Waals surface area contributed by atoms with Crippen molar-refractivity contribution < 1.29 is 18.0 Å². The summed E-state index contributed by atoms with van der Waals surface area (Å²) in [4.78, 5) is 14.5. The molecule has 1 amide bonds. The maximum atomic E-state index is 14.3. The van der Waals surface area contributed by atoms with E-state index in [2.05, 4.69) is 25.0 Å². The zero-order valence-corrected chi connectivity index (χ0v) is 15.8. The quantitative estimate of drug-likeness (QED) is 0.712. The van der Waals surface area contributed by atoms with Crippen LogP contribution in [0.3, 0.4) is 0 Å². The monoisotopic (exact) mass is 379 g/mol. The minimum absolute atomic E-state index is 0.0196. The van der Waals surface area contributed by atoms with E-state index in [0.717, 1.165) is 18.4 Å². The zero-order chi connectivity index (χ0) is 19.7. The summed E-state index contributed by atoms with van der Waals surface area (Å²) in [6.07, 6.45) is -0.780. The van der Waals surface area contributed by atoms with Crippen LogP contribution in [0.4, 0.5) is 13.2 Å². The standard InChI is InChI=1S/C20H24F3N3O/c1-12(2)15-7-5-4-6-13(15)10-11-26(14-8-9-14)20(27)16-17(18(21)22)24-25(3)19(16)23/h4-7,12,14,18H,8-11H2,1-3H3. The predicted octanol–water partition coefficient (Wildman–Crippen LogP) is 4.47. The summed E-state index contributed by atoms with van der Waals surface area (Å²) in [7, 11) is 1.22. The highest BCUT2D eigenvalue weighted by Gasteiger charge is 2.38. The highest BCUT2D eigenvalue weighted by atomic mass is 19.3. The minimum atomic E-state index is -3.00. The van der Waals surface area contributed by atoms with Gasteiger partial charge in [0.1, 0.15) is 11.3 Å². The Morgan fingerprint density at radius 1 is 1.30 bits per heavy atom. The van der Waals surface area contributed by atoms with Crippen LogP contribution in [-0.4, -0.2) is 33.2 Å². The first-order valence-corrected chi connectivity index (χ1v) is 9.20. The van der Waals surface area contributed by atoms with Gasteiger partial charge in [-0.3, -0.25) is 4.79 Å². The molecule has 0 atom stereocenters. The molecule has 1 aliphatic rings. The molecule has 0 aliphatic heterocycles. The molecule has 0 saturated heterocycles. The lowest BCUT2D eigenvalue weighted by atomic mass is 9.95. The summed E-state index contributed by atoms with van der Waals surface area (Å²) in [5.74, 6) is -1.36. The van der Waals surface area contributed by atoms with Gasteiger partial charge >= 0.3 is 0 Å². The normalized spacial score (nSPS) is 14.2. The summed E-state index contributed by atoms with van der Waals surface area (Å²) in [5.41, 5.74) is 0.929. The number of carbonyl (C=O) groups is 1. The first-order chi connectivity index (χ1) is 12.8. The first-order valence-electron chi connectivity index (χ1n) is 9.20. The molecular weight excluding hydrogens is 355 g/mol. The zero-order valence-electron chi connectivity index (χ0n) is 15.8. The fraction of sp³-hybridized carbons (Fsp3) is 0.500. The molecule has 3 rings (SSSR count). The van der Waals surface area contributed by atoms with Gasteiger partial charge in [0.2, 0.25) is 5.95 Å². The first kappa shape index (κ1) is 19.5. The maximum absolute atomic E-state index is 14.3. The second-order valence-electron chi connectivity index (χ2n) is 7.31.